The summed E-state index contributed by atoms with van der Waals surface area (Å²) >= 11 is 0. The van der Waals surface area contributed by atoms with E-state index < -0.39 is 5.41 Å². The third-order valence-electron chi connectivity index (χ3n) is 16.6. The minimum atomic E-state index is -0.531. The van der Waals surface area contributed by atoms with Crippen molar-refractivity contribution in [2.45, 2.75) is 5.41 Å². The van der Waals surface area contributed by atoms with Gasteiger partial charge in [0.05, 0.1) is 11.1 Å². The van der Waals surface area contributed by atoms with E-state index in [1.165, 1.54) is 131 Å². The summed E-state index contributed by atoms with van der Waals surface area (Å²) in [4.78, 5) is 2.56. The predicted octanol–water partition coefficient (Wildman–Crippen LogP) is 19.8. The summed E-state index contributed by atoms with van der Waals surface area (Å²) in [6.07, 6.45) is 0. The highest BCUT2D eigenvalue weighted by molar-refractivity contribution is 6.26. The van der Waals surface area contributed by atoms with Gasteiger partial charge >= 0.3 is 0 Å². The van der Waals surface area contributed by atoms with Gasteiger partial charge in [-0.25, -0.2) is 0 Å². The minimum absolute atomic E-state index is 0.531. The van der Waals surface area contributed by atoms with Gasteiger partial charge in [0, 0.05) is 16.9 Å². The molecule has 0 saturated carbocycles. The normalized spacial score (nSPS) is 13.0. The quantitative estimate of drug-likeness (QED) is 0.155. The van der Waals surface area contributed by atoms with E-state index in [1.807, 2.05) is 0 Å². The molecule has 0 N–H and O–H groups in total. The van der Waals surface area contributed by atoms with E-state index in [2.05, 4.69) is 278 Å². The third-order valence-corrected chi connectivity index (χ3v) is 16.6. The Balaban J connectivity index is 1.02. The van der Waals surface area contributed by atoms with E-state index in [0.717, 1.165) is 17.1 Å². The molecule has 14 aromatic rings. The van der Waals surface area contributed by atoms with Crippen molar-refractivity contribution in [3.05, 3.63) is 295 Å². The Morgan fingerprint density at radius 2 is 0.662 bits per heavy atom. The van der Waals surface area contributed by atoms with E-state index in [1.54, 1.807) is 0 Å². The number of rotatable bonds is 5. The second-order valence-electron chi connectivity index (χ2n) is 20.2. The van der Waals surface area contributed by atoms with Crippen molar-refractivity contribution in [2.24, 2.45) is 0 Å². The summed E-state index contributed by atoms with van der Waals surface area (Å²) in [6, 6.07) is 103. The van der Waals surface area contributed by atoms with Gasteiger partial charge in [0.15, 0.2) is 0 Å². The minimum Gasteiger partial charge on any atom is -0.310 e. The summed E-state index contributed by atoms with van der Waals surface area (Å²) < 4.78 is 0. The lowest BCUT2D eigenvalue weighted by molar-refractivity contribution is 0.794. The summed E-state index contributed by atoms with van der Waals surface area (Å²) in [7, 11) is 0. The van der Waals surface area contributed by atoms with Gasteiger partial charge in [0.25, 0.3) is 0 Å². The van der Waals surface area contributed by atoms with E-state index in [4.69, 9.17) is 0 Å². The van der Waals surface area contributed by atoms with Crippen molar-refractivity contribution in [1.82, 2.24) is 0 Å². The van der Waals surface area contributed by atoms with Gasteiger partial charge < -0.3 is 4.90 Å². The standard InChI is InChI=1S/C73H45N/c1-3-21-51-46(18-1)20-17-32-54(51)67-44-66-63-31-13-16-35-70(63)73(68-33-14-11-29-61(68)62-30-12-15-34-69(62)73)71(66)45-72(67)74(50-40-41-60-57-26-7-6-24-55(57)56-25-8-10-28-59(56)65(60)43-50)49-38-36-47(37-39-49)64-42-48-19-2-4-22-52(48)53-23-5-9-27-58(53)64/h1-45H. The third kappa shape index (κ3) is 5.69. The van der Waals surface area contributed by atoms with E-state index in [-0.39, 0.29) is 0 Å². The first-order valence-electron chi connectivity index (χ1n) is 25.8. The molecule has 342 valence electrons. The van der Waals surface area contributed by atoms with Gasteiger partial charge in [-0.2, -0.15) is 0 Å². The van der Waals surface area contributed by atoms with E-state index >= 15 is 0 Å². The first-order valence-corrected chi connectivity index (χ1v) is 25.8. The topological polar surface area (TPSA) is 3.24 Å². The van der Waals surface area contributed by atoms with Crippen molar-refractivity contribution in [3.8, 4) is 44.5 Å². The van der Waals surface area contributed by atoms with Crippen LogP contribution in [0.5, 0.6) is 0 Å². The van der Waals surface area contributed by atoms with E-state index in [9.17, 15) is 0 Å². The van der Waals surface area contributed by atoms with Crippen molar-refractivity contribution < 1.29 is 0 Å². The Hall–Kier alpha value is -9.56. The molecule has 1 nitrogen and oxygen atoms in total. The number of benzene rings is 14. The summed E-state index contributed by atoms with van der Waals surface area (Å²) in [6.45, 7) is 0. The van der Waals surface area contributed by atoms with Crippen molar-refractivity contribution in [3.63, 3.8) is 0 Å². The Kier molecular flexibility index (Phi) is 8.73. The number of hydrogen-bond donors (Lipinski definition) is 0. The van der Waals surface area contributed by atoms with E-state index in [0.29, 0.717) is 0 Å². The van der Waals surface area contributed by atoms with Crippen molar-refractivity contribution >= 4 is 81.7 Å². The first-order chi connectivity index (χ1) is 36.7. The molecule has 2 aliphatic rings. The fraction of sp³-hybridized carbons (Fsp3) is 0.0137. The maximum atomic E-state index is 2.58. The SMILES string of the molecule is c1ccc2c(c1)-c1ccccc1C21c2ccccc2-c2cc(-c3cccc4ccccc34)c(N(c3ccc(-c4cc5ccccc5c5ccccc45)cc3)c3ccc4c5ccccc5c5ccccc5c4c3)cc21. The molecule has 0 heterocycles. The maximum absolute atomic E-state index is 2.58. The Labute approximate surface area is 429 Å². The molecule has 0 radical (unpaired) electrons. The molecule has 16 rings (SSSR count). The number of hydrogen-bond acceptors (Lipinski definition) is 1. The maximum Gasteiger partial charge on any atom is 0.0726 e. The van der Waals surface area contributed by atoms with Crippen molar-refractivity contribution in [1.29, 1.82) is 0 Å². The Morgan fingerprint density at radius 1 is 0.216 bits per heavy atom. The van der Waals surface area contributed by atoms with Crippen LogP contribution in [0.15, 0.2) is 273 Å². The highest BCUT2D eigenvalue weighted by Gasteiger charge is 2.52. The fourth-order valence-electron chi connectivity index (χ4n) is 13.5. The predicted molar refractivity (Wildman–Crippen MR) is 313 cm³/mol. The van der Waals surface area contributed by atoms with Gasteiger partial charge in [0.1, 0.15) is 0 Å². The van der Waals surface area contributed by atoms with Gasteiger partial charge in [-0.05, 0) is 168 Å². The molecule has 0 bridgehead atoms. The molecule has 0 saturated heterocycles. The average molecular weight is 936 g/mol. The molecular weight excluding hydrogens is 891 g/mol. The molecule has 2 aliphatic carbocycles. The number of fused-ring (bicyclic) bond motifs is 20. The molecule has 0 fully saturated rings. The van der Waals surface area contributed by atoms with Crippen LogP contribution >= 0.6 is 0 Å². The largest absolute Gasteiger partial charge is 0.310 e. The first kappa shape index (κ1) is 41.1. The fourth-order valence-corrected chi connectivity index (χ4v) is 13.5. The lowest BCUT2D eigenvalue weighted by atomic mass is 9.70. The van der Waals surface area contributed by atoms with Crippen LogP contribution < -0.4 is 4.90 Å². The highest BCUT2D eigenvalue weighted by atomic mass is 15.1. The van der Waals surface area contributed by atoms with Crippen LogP contribution in [0.1, 0.15) is 22.3 Å². The highest BCUT2D eigenvalue weighted by Crippen LogP contribution is 2.64. The molecule has 0 aliphatic heterocycles. The second-order valence-corrected chi connectivity index (χ2v) is 20.2. The lowest BCUT2D eigenvalue weighted by Crippen LogP contribution is -2.26. The summed E-state index contributed by atoms with van der Waals surface area (Å²) in [5.41, 5.74) is 18.0. The molecule has 0 aromatic heterocycles. The zero-order chi connectivity index (χ0) is 48.5. The zero-order valence-electron chi connectivity index (χ0n) is 40.4. The van der Waals surface area contributed by atoms with Crippen LogP contribution in [-0.2, 0) is 5.41 Å². The molecule has 14 aromatic carbocycles. The summed E-state index contributed by atoms with van der Waals surface area (Å²) in [5, 5.41) is 15.0. The van der Waals surface area contributed by atoms with Crippen LogP contribution in [0.3, 0.4) is 0 Å². The van der Waals surface area contributed by atoms with Crippen LogP contribution in [0.4, 0.5) is 17.1 Å². The van der Waals surface area contributed by atoms with Gasteiger partial charge in [-0.15, -0.1) is 0 Å². The Morgan fingerprint density at radius 3 is 1.30 bits per heavy atom. The molecule has 74 heavy (non-hydrogen) atoms. The Bertz CT molecular complexity index is 4590. The number of anilines is 3. The van der Waals surface area contributed by atoms with Gasteiger partial charge in [-0.3, -0.25) is 0 Å². The zero-order valence-corrected chi connectivity index (χ0v) is 40.4. The van der Waals surface area contributed by atoms with Gasteiger partial charge in [0.2, 0.25) is 0 Å². The molecule has 1 spiro atoms. The molecular formula is C73H45N. The molecule has 0 amide bonds. The second kappa shape index (κ2) is 15.7. The van der Waals surface area contributed by atoms with Gasteiger partial charge in [-0.1, -0.05) is 231 Å². The average Bonchev–Trinajstić information content (AvgIpc) is 3.99. The molecule has 1 heteroatoms. The molecule has 0 atom stereocenters. The molecule has 0 unspecified atom stereocenters. The number of nitrogens with zero attached hydrogens (tertiary/aromatic N) is 1. The van der Waals surface area contributed by atoms with Crippen LogP contribution in [-0.4, -0.2) is 0 Å². The monoisotopic (exact) mass is 935 g/mol. The van der Waals surface area contributed by atoms with Crippen LogP contribution in [0.2, 0.25) is 0 Å². The van der Waals surface area contributed by atoms with Crippen LogP contribution in [0.25, 0.3) is 109 Å². The lowest BCUT2D eigenvalue weighted by Gasteiger charge is -2.33. The summed E-state index contributed by atoms with van der Waals surface area (Å²) in [5.74, 6) is 0. The van der Waals surface area contributed by atoms with Crippen molar-refractivity contribution in [2.75, 3.05) is 4.90 Å². The van der Waals surface area contributed by atoms with Crippen LogP contribution in [0, 0.1) is 0 Å². The smallest absolute Gasteiger partial charge is 0.0726 e.